The van der Waals surface area contributed by atoms with Crippen molar-refractivity contribution in [3.05, 3.63) is 0 Å². The summed E-state index contributed by atoms with van der Waals surface area (Å²) >= 11 is 0. The molecule has 0 aliphatic carbocycles. The normalized spacial score (nSPS) is 26.6. The fourth-order valence-electron chi connectivity index (χ4n) is 2.33. The average molecular weight is 228 g/mol. The van der Waals surface area contributed by atoms with Crippen LogP contribution in [-0.4, -0.2) is 50.8 Å². The number of nitrogens with one attached hydrogen (secondary N) is 1. The summed E-state index contributed by atoms with van der Waals surface area (Å²) in [4.78, 5) is 2.49. The summed E-state index contributed by atoms with van der Waals surface area (Å²) in [5.74, 6) is 0. The Morgan fingerprint density at radius 3 is 2.56 bits per heavy atom. The van der Waals surface area contributed by atoms with Gasteiger partial charge < -0.3 is 15.0 Å². The summed E-state index contributed by atoms with van der Waals surface area (Å²) in [5.41, 5.74) is 0.596. The fraction of sp³-hybridized carbons (Fsp3) is 1.00. The van der Waals surface area contributed by atoms with Crippen molar-refractivity contribution in [2.24, 2.45) is 5.41 Å². The minimum absolute atomic E-state index is 0.281. The van der Waals surface area contributed by atoms with Crippen molar-refractivity contribution >= 4 is 0 Å². The molecule has 1 N–H and O–H groups in total. The molecule has 1 rings (SSSR count). The Kier molecular flexibility index (Phi) is 4.77. The van der Waals surface area contributed by atoms with Gasteiger partial charge in [0.2, 0.25) is 0 Å². The highest BCUT2D eigenvalue weighted by atomic mass is 16.5. The Morgan fingerprint density at radius 1 is 1.44 bits per heavy atom. The maximum absolute atomic E-state index is 5.59. The van der Waals surface area contributed by atoms with Crippen molar-refractivity contribution in [1.82, 2.24) is 10.2 Å². The van der Waals surface area contributed by atoms with E-state index in [1.54, 1.807) is 0 Å². The van der Waals surface area contributed by atoms with Crippen molar-refractivity contribution in [2.75, 3.05) is 40.4 Å². The molecule has 0 aromatic heterocycles. The Labute approximate surface area is 101 Å². The standard InChI is InChI=1S/C13H28N2O/c1-6-12(2,3)15(5)10-13(9-14-4)7-8-16-11-13/h14H,6-11H2,1-5H3. The number of rotatable bonds is 6. The zero-order valence-corrected chi connectivity index (χ0v) is 11.6. The monoisotopic (exact) mass is 228 g/mol. The molecule has 1 unspecified atom stereocenters. The maximum Gasteiger partial charge on any atom is 0.0547 e. The van der Waals surface area contributed by atoms with Crippen LogP contribution in [0.15, 0.2) is 0 Å². The van der Waals surface area contributed by atoms with Crippen LogP contribution in [0, 0.1) is 5.41 Å². The van der Waals surface area contributed by atoms with Gasteiger partial charge in [-0.05, 0) is 40.8 Å². The van der Waals surface area contributed by atoms with E-state index in [9.17, 15) is 0 Å². The van der Waals surface area contributed by atoms with E-state index in [0.717, 1.165) is 26.3 Å². The van der Waals surface area contributed by atoms with Gasteiger partial charge in [-0.3, -0.25) is 0 Å². The molecule has 0 radical (unpaired) electrons. The van der Waals surface area contributed by atoms with Crippen LogP contribution in [-0.2, 0) is 4.74 Å². The molecular weight excluding hydrogens is 200 g/mol. The Hall–Kier alpha value is -0.120. The van der Waals surface area contributed by atoms with Gasteiger partial charge in [-0.25, -0.2) is 0 Å². The number of hydrogen-bond acceptors (Lipinski definition) is 3. The van der Waals surface area contributed by atoms with Crippen LogP contribution in [0.2, 0.25) is 0 Å². The van der Waals surface area contributed by atoms with Crippen LogP contribution < -0.4 is 5.32 Å². The predicted molar refractivity (Wildman–Crippen MR) is 68.8 cm³/mol. The van der Waals surface area contributed by atoms with Crippen molar-refractivity contribution in [3.8, 4) is 0 Å². The Morgan fingerprint density at radius 2 is 2.12 bits per heavy atom. The lowest BCUT2D eigenvalue weighted by molar-refractivity contribution is 0.0682. The summed E-state index contributed by atoms with van der Waals surface area (Å²) in [6.07, 6.45) is 2.36. The van der Waals surface area contributed by atoms with Gasteiger partial charge in [0.15, 0.2) is 0 Å². The van der Waals surface area contributed by atoms with Crippen molar-refractivity contribution in [2.45, 2.75) is 39.2 Å². The molecule has 1 fully saturated rings. The molecule has 1 aliphatic heterocycles. The largest absolute Gasteiger partial charge is 0.381 e. The summed E-state index contributed by atoms with van der Waals surface area (Å²) in [6.45, 7) is 10.9. The minimum Gasteiger partial charge on any atom is -0.381 e. The third kappa shape index (κ3) is 3.19. The predicted octanol–water partition coefficient (Wildman–Crippen LogP) is 1.73. The van der Waals surface area contributed by atoms with Gasteiger partial charge in [0.05, 0.1) is 6.61 Å². The molecule has 1 atom stereocenters. The first-order chi connectivity index (χ1) is 7.46. The molecule has 0 saturated carbocycles. The van der Waals surface area contributed by atoms with E-state index in [1.807, 2.05) is 7.05 Å². The van der Waals surface area contributed by atoms with Crippen molar-refractivity contribution < 1.29 is 4.74 Å². The van der Waals surface area contributed by atoms with E-state index in [4.69, 9.17) is 4.74 Å². The average Bonchev–Trinajstić information content (AvgIpc) is 2.67. The highest BCUT2D eigenvalue weighted by Crippen LogP contribution is 2.31. The van der Waals surface area contributed by atoms with Gasteiger partial charge in [0.1, 0.15) is 0 Å². The van der Waals surface area contributed by atoms with Crippen LogP contribution in [0.4, 0.5) is 0 Å². The molecular formula is C13H28N2O. The molecule has 1 saturated heterocycles. The topological polar surface area (TPSA) is 24.5 Å². The molecule has 1 heterocycles. The number of hydrogen-bond donors (Lipinski definition) is 1. The van der Waals surface area contributed by atoms with Gasteiger partial charge >= 0.3 is 0 Å². The van der Waals surface area contributed by atoms with Crippen LogP contribution in [0.1, 0.15) is 33.6 Å². The molecule has 3 nitrogen and oxygen atoms in total. The molecule has 0 aromatic rings. The fourth-order valence-corrected chi connectivity index (χ4v) is 2.33. The van der Waals surface area contributed by atoms with E-state index in [2.05, 4.69) is 38.0 Å². The van der Waals surface area contributed by atoms with E-state index in [-0.39, 0.29) is 5.54 Å². The van der Waals surface area contributed by atoms with Crippen LogP contribution in [0.3, 0.4) is 0 Å². The number of nitrogens with zero attached hydrogens (tertiary/aromatic N) is 1. The molecule has 0 bridgehead atoms. The third-order valence-electron chi connectivity index (χ3n) is 4.21. The van der Waals surface area contributed by atoms with E-state index >= 15 is 0 Å². The van der Waals surface area contributed by atoms with Gasteiger partial charge in [-0.15, -0.1) is 0 Å². The quantitative estimate of drug-likeness (QED) is 0.749. The molecule has 0 aromatic carbocycles. The third-order valence-corrected chi connectivity index (χ3v) is 4.21. The summed E-state index contributed by atoms with van der Waals surface area (Å²) < 4.78 is 5.59. The molecule has 3 heteroatoms. The van der Waals surface area contributed by atoms with Gasteiger partial charge in [0, 0.05) is 30.7 Å². The van der Waals surface area contributed by atoms with Crippen LogP contribution in [0.25, 0.3) is 0 Å². The zero-order valence-electron chi connectivity index (χ0n) is 11.6. The van der Waals surface area contributed by atoms with E-state index in [1.165, 1.54) is 12.8 Å². The second-order valence-electron chi connectivity index (χ2n) is 5.85. The molecule has 96 valence electrons. The lowest BCUT2D eigenvalue weighted by atomic mass is 9.85. The van der Waals surface area contributed by atoms with Gasteiger partial charge in [0.25, 0.3) is 0 Å². The van der Waals surface area contributed by atoms with Gasteiger partial charge in [-0.2, -0.15) is 0 Å². The smallest absolute Gasteiger partial charge is 0.0547 e. The number of ether oxygens (including phenoxy) is 1. The first-order valence-corrected chi connectivity index (χ1v) is 6.39. The second kappa shape index (κ2) is 5.48. The second-order valence-corrected chi connectivity index (χ2v) is 5.85. The zero-order chi connectivity index (χ0) is 12.2. The van der Waals surface area contributed by atoms with E-state index < -0.39 is 0 Å². The lowest BCUT2D eigenvalue weighted by Crippen LogP contribution is -2.50. The summed E-state index contributed by atoms with van der Waals surface area (Å²) in [6, 6.07) is 0. The van der Waals surface area contributed by atoms with E-state index in [0.29, 0.717) is 5.41 Å². The first-order valence-electron chi connectivity index (χ1n) is 6.39. The highest BCUT2D eigenvalue weighted by Gasteiger charge is 2.37. The van der Waals surface area contributed by atoms with Crippen molar-refractivity contribution in [1.29, 1.82) is 0 Å². The van der Waals surface area contributed by atoms with Crippen molar-refractivity contribution in [3.63, 3.8) is 0 Å². The first kappa shape index (κ1) is 13.9. The van der Waals surface area contributed by atoms with Crippen LogP contribution in [0.5, 0.6) is 0 Å². The molecule has 1 aliphatic rings. The lowest BCUT2D eigenvalue weighted by Gasteiger charge is -2.41. The Balaban J connectivity index is 2.61. The summed E-state index contributed by atoms with van der Waals surface area (Å²) in [7, 11) is 4.27. The highest BCUT2D eigenvalue weighted by molar-refractivity contribution is 4.90. The van der Waals surface area contributed by atoms with Gasteiger partial charge in [-0.1, -0.05) is 6.92 Å². The molecule has 16 heavy (non-hydrogen) atoms. The SMILES string of the molecule is CCC(C)(C)N(C)CC1(CNC)CCOC1. The Bertz CT molecular complexity index is 210. The molecule has 0 spiro atoms. The minimum atomic E-state index is 0.281. The maximum atomic E-state index is 5.59. The van der Waals surface area contributed by atoms with Crippen LogP contribution >= 0.6 is 0 Å². The molecule has 0 amide bonds. The summed E-state index contributed by atoms with van der Waals surface area (Å²) in [5, 5.41) is 3.32.